The molecule has 1 aromatic heterocycles. The van der Waals surface area contributed by atoms with E-state index < -0.39 is 0 Å². The third kappa shape index (κ3) is 3.68. The zero-order valence-electron chi connectivity index (χ0n) is 11.7. The third-order valence-electron chi connectivity index (χ3n) is 2.75. The van der Waals surface area contributed by atoms with Gasteiger partial charge in [-0.1, -0.05) is 23.2 Å². The number of carbonyl (C=O) groups excluding carboxylic acids is 1. The summed E-state index contributed by atoms with van der Waals surface area (Å²) in [7, 11) is 0. The monoisotopic (exact) mass is 327 g/mol. The van der Waals surface area contributed by atoms with E-state index in [0.717, 1.165) is 0 Å². The number of anilines is 1. The van der Waals surface area contributed by atoms with Gasteiger partial charge in [0.25, 0.3) is 5.91 Å². The molecule has 1 amide bonds. The summed E-state index contributed by atoms with van der Waals surface area (Å²) in [6, 6.07) is 4.87. The second kappa shape index (κ2) is 6.83. The minimum atomic E-state index is -0.345. The maximum Gasteiger partial charge on any atom is 0.262 e. The number of carbonyl (C=O) groups is 1. The van der Waals surface area contributed by atoms with Gasteiger partial charge in [-0.25, -0.2) is 0 Å². The molecule has 0 radical (unpaired) electrons. The van der Waals surface area contributed by atoms with Crippen molar-refractivity contribution in [2.45, 2.75) is 20.4 Å². The molecule has 2 aromatic rings. The van der Waals surface area contributed by atoms with Gasteiger partial charge >= 0.3 is 0 Å². The number of benzene rings is 1. The topological polar surface area (TPSA) is 56.2 Å². The average molecular weight is 328 g/mol. The van der Waals surface area contributed by atoms with Gasteiger partial charge in [-0.15, -0.1) is 5.10 Å². The molecule has 0 aliphatic heterocycles. The zero-order valence-corrected chi connectivity index (χ0v) is 13.2. The van der Waals surface area contributed by atoms with Crippen LogP contribution in [0.2, 0.25) is 10.0 Å². The van der Waals surface area contributed by atoms with Gasteiger partial charge in [-0.3, -0.25) is 9.48 Å². The molecule has 0 saturated heterocycles. The fraction of sp³-hybridized carbons (Fsp3) is 0.286. The summed E-state index contributed by atoms with van der Waals surface area (Å²) in [5.41, 5.74) is 0.801. The number of halogens is 2. The Hall–Kier alpha value is -1.72. The van der Waals surface area contributed by atoms with Crippen molar-refractivity contribution in [2.75, 3.05) is 11.9 Å². The molecule has 1 aromatic carbocycles. The number of hydrogen-bond donors (Lipinski definition) is 1. The van der Waals surface area contributed by atoms with E-state index in [1.807, 2.05) is 13.8 Å². The van der Waals surface area contributed by atoms with Crippen LogP contribution in [0.3, 0.4) is 0 Å². The number of hydrogen-bond acceptors (Lipinski definition) is 3. The van der Waals surface area contributed by atoms with Gasteiger partial charge in [0.2, 0.25) is 5.88 Å². The first-order valence-corrected chi connectivity index (χ1v) is 7.27. The summed E-state index contributed by atoms with van der Waals surface area (Å²) in [5.74, 6) is -0.0442. The van der Waals surface area contributed by atoms with Crippen molar-refractivity contribution < 1.29 is 9.53 Å². The van der Waals surface area contributed by atoms with Crippen LogP contribution >= 0.6 is 23.2 Å². The van der Waals surface area contributed by atoms with Crippen molar-refractivity contribution in [1.29, 1.82) is 0 Å². The molecule has 2 rings (SSSR count). The molecule has 0 spiro atoms. The van der Waals surface area contributed by atoms with Gasteiger partial charge in [0.15, 0.2) is 0 Å². The van der Waals surface area contributed by atoms with E-state index in [0.29, 0.717) is 40.3 Å². The van der Waals surface area contributed by atoms with Crippen molar-refractivity contribution in [3.8, 4) is 5.88 Å². The zero-order chi connectivity index (χ0) is 15.4. The van der Waals surface area contributed by atoms with Crippen LogP contribution in [0.1, 0.15) is 24.2 Å². The van der Waals surface area contributed by atoms with E-state index in [9.17, 15) is 4.79 Å². The maximum absolute atomic E-state index is 12.4. The molecule has 21 heavy (non-hydrogen) atoms. The predicted molar refractivity (Wildman–Crippen MR) is 83.5 cm³/mol. The summed E-state index contributed by atoms with van der Waals surface area (Å²) in [4.78, 5) is 12.4. The molecular formula is C14H15Cl2N3O2. The Labute approximate surface area is 132 Å². The van der Waals surface area contributed by atoms with Crippen LogP contribution < -0.4 is 10.1 Å². The fourth-order valence-electron chi connectivity index (χ4n) is 1.75. The number of ether oxygens (including phenoxy) is 1. The number of amides is 1. The highest BCUT2D eigenvalue weighted by Gasteiger charge is 2.18. The SMILES string of the molecule is CCOc1nn(CC)cc1C(=O)Nc1cc(Cl)ccc1Cl. The van der Waals surface area contributed by atoms with Crippen molar-refractivity contribution in [2.24, 2.45) is 0 Å². The Morgan fingerprint density at radius 3 is 2.81 bits per heavy atom. The number of aromatic nitrogens is 2. The minimum absolute atomic E-state index is 0.301. The van der Waals surface area contributed by atoms with Crippen LogP contribution in [0, 0.1) is 0 Å². The van der Waals surface area contributed by atoms with Gasteiger partial charge in [-0.05, 0) is 32.0 Å². The quantitative estimate of drug-likeness (QED) is 0.907. The highest BCUT2D eigenvalue weighted by Crippen LogP contribution is 2.27. The summed E-state index contributed by atoms with van der Waals surface area (Å²) in [5, 5.41) is 7.81. The van der Waals surface area contributed by atoms with Crippen molar-refractivity contribution in [1.82, 2.24) is 9.78 Å². The van der Waals surface area contributed by atoms with E-state index in [1.165, 1.54) is 0 Å². The predicted octanol–water partition coefficient (Wildman–Crippen LogP) is 3.86. The van der Waals surface area contributed by atoms with Crippen LogP contribution in [0.25, 0.3) is 0 Å². The van der Waals surface area contributed by atoms with Gasteiger partial charge in [-0.2, -0.15) is 0 Å². The highest BCUT2D eigenvalue weighted by atomic mass is 35.5. The first-order valence-electron chi connectivity index (χ1n) is 6.51. The maximum atomic E-state index is 12.4. The summed E-state index contributed by atoms with van der Waals surface area (Å²) in [6.45, 7) is 4.84. The molecule has 7 heteroatoms. The van der Waals surface area contributed by atoms with E-state index >= 15 is 0 Å². The number of rotatable bonds is 5. The molecule has 0 atom stereocenters. The molecule has 5 nitrogen and oxygen atoms in total. The smallest absolute Gasteiger partial charge is 0.262 e. The van der Waals surface area contributed by atoms with Crippen LogP contribution in [0.4, 0.5) is 5.69 Å². The first-order chi connectivity index (χ1) is 10.0. The second-order valence-electron chi connectivity index (χ2n) is 4.21. The van der Waals surface area contributed by atoms with Gasteiger partial charge in [0, 0.05) is 17.8 Å². The molecule has 0 unspecified atom stereocenters. The molecule has 1 heterocycles. The molecule has 0 saturated carbocycles. The van der Waals surface area contributed by atoms with Crippen LogP contribution in [-0.4, -0.2) is 22.3 Å². The molecule has 1 N–H and O–H groups in total. The third-order valence-corrected chi connectivity index (χ3v) is 3.32. The Morgan fingerprint density at radius 1 is 1.38 bits per heavy atom. The molecule has 0 aliphatic rings. The van der Waals surface area contributed by atoms with Crippen molar-refractivity contribution in [3.63, 3.8) is 0 Å². The number of nitrogens with zero attached hydrogens (tertiary/aromatic N) is 2. The van der Waals surface area contributed by atoms with E-state index in [2.05, 4.69) is 10.4 Å². The highest BCUT2D eigenvalue weighted by molar-refractivity contribution is 6.35. The number of nitrogens with one attached hydrogen (secondary N) is 1. The van der Waals surface area contributed by atoms with Crippen LogP contribution in [0.15, 0.2) is 24.4 Å². The minimum Gasteiger partial charge on any atom is -0.476 e. The summed E-state index contributed by atoms with van der Waals surface area (Å²) >= 11 is 11.9. The lowest BCUT2D eigenvalue weighted by atomic mass is 10.2. The van der Waals surface area contributed by atoms with E-state index in [1.54, 1.807) is 29.1 Å². The molecule has 0 aliphatic carbocycles. The molecular weight excluding hydrogens is 313 g/mol. The molecule has 112 valence electrons. The Balaban J connectivity index is 2.27. The van der Waals surface area contributed by atoms with Crippen LogP contribution in [-0.2, 0) is 6.54 Å². The Morgan fingerprint density at radius 2 is 2.14 bits per heavy atom. The van der Waals surface area contributed by atoms with Crippen LogP contribution in [0.5, 0.6) is 5.88 Å². The normalized spacial score (nSPS) is 10.5. The standard InChI is InChI=1S/C14H15Cl2N3O2/c1-3-19-8-10(14(18-19)21-4-2)13(20)17-12-7-9(15)5-6-11(12)16/h5-8H,3-4H2,1-2H3,(H,17,20). The Bertz CT molecular complexity index is 656. The van der Waals surface area contributed by atoms with Crippen molar-refractivity contribution in [3.05, 3.63) is 40.0 Å². The van der Waals surface area contributed by atoms with Gasteiger partial charge < -0.3 is 10.1 Å². The largest absolute Gasteiger partial charge is 0.476 e. The summed E-state index contributed by atoms with van der Waals surface area (Å²) in [6.07, 6.45) is 1.64. The lowest BCUT2D eigenvalue weighted by Gasteiger charge is -2.07. The van der Waals surface area contributed by atoms with Crippen molar-refractivity contribution >= 4 is 34.8 Å². The second-order valence-corrected chi connectivity index (χ2v) is 5.06. The fourth-order valence-corrected chi connectivity index (χ4v) is 2.08. The van der Waals surface area contributed by atoms with E-state index in [-0.39, 0.29) is 5.91 Å². The molecule has 0 bridgehead atoms. The Kier molecular flexibility index (Phi) is 5.09. The molecule has 0 fully saturated rings. The summed E-state index contributed by atoms with van der Waals surface area (Å²) < 4.78 is 7.02. The van der Waals surface area contributed by atoms with E-state index in [4.69, 9.17) is 27.9 Å². The lowest BCUT2D eigenvalue weighted by molar-refractivity contribution is 0.102. The van der Waals surface area contributed by atoms with Gasteiger partial charge in [0.05, 0.1) is 17.3 Å². The lowest BCUT2D eigenvalue weighted by Crippen LogP contribution is -2.13. The number of aryl methyl sites for hydroxylation is 1. The first kappa shape index (κ1) is 15.7. The van der Waals surface area contributed by atoms with Gasteiger partial charge in [0.1, 0.15) is 5.56 Å². The average Bonchev–Trinajstić information content (AvgIpc) is 2.86.